The highest BCUT2D eigenvalue weighted by Crippen LogP contribution is 2.33. The number of piperazine rings is 1. The third kappa shape index (κ3) is 4.29. The van der Waals surface area contributed by atoms with Crippen molar-refractivity contribution in [3.05, 3.63) is 53.1 Å². The van der Waals surface area contributed by atoms with E-state index in [0.717, 1.165) is 52.8 Å². The predicted octanol–water partition coefficient (Wildman–Crippen LogP) is 4.95. The number of halogens is 1. The molecule has 146 valence electrons. The number of fused-ring (bicyclic) bond motifs is 1. The first-order chi connectivity index (χ1) is 13.6. The molecule has 1 aromatic heterocycles. The summed E-state index contributed by atoms with van der Waals surface area (Å²) in [6, 6.07) is 14.2. The molecule has 3 aromatic rings. The maximum Gasteiger partial charge on any atom is 0.227 e. The van der Waals surface area contributed by atoms with Gasteiger partial charge in [-0.05, 0) is 35.6 Å². The molecule has 1 saturated heterocycles. The lowest BCUT2D eigenvalue weighted by molar-refractivity contribution is -0.130. The zero-order chi connectivity index (χ0) is 19.5. The van der Waals surface area contributed by atoms with Crippen molar-refractivity contribution in [2.24, 2.45) is 0 Å². The number of rotatable bonds is 5. The summed E-state index contributed by atoms with van der Waals surface area (Å²) in [7, 11) is 0. The molecule has 0 N–H and O–H groups in total. The number of para-hydroxylation sites is 1. The number of carbonyl (C=O) groups is 1. The molecule has 1 amide bonds. The van der Waals surface area contributed by atoms with E-state index in [9.17, 15) is 4.79 Å². The van der Waals surface area contributed by atoms with Crippen LogP contribution in [0.25, 0.3) is 10.2 Å². The average Bonchev–Trinajstić information content (AvgIpc) is 3.16. The molecule has 1 aliphatic heterocycles. The Bertz CT molecular complexity index is 965. The number of anilines is 1. The first-order valence-electron chi connectivity index (χ1n) is 9.43. The molecule has 0 radical (unpaired) electrons. The van der Waals surface area contributed by atoms with E-state index >= 15 is 0 Å². The fourth-order valence-corrected chi connectivity index (χ4v) is 5.32. The average molecular weight is 432 g/mol. The van der Waals surface area contributed by atoms with Crippen molar-refractivity contribution in [1.29, 1.82) is 0 Å². The molecule has 7 heteroatoms. The van der Waals surface area contributed by atoms with Crippen LogP contribution in [-0.2, 0) is 11.2 Å². The summed E-state index contributed by atoms with van der Waals surface area (Å²) in [6.45, 7) is 5.20. The van der Waals surface area contributed by atoms with Gasteiger partial charge in [-0.2, -0.15) is 0 Å². The van der Waals surface area contributed by atoms with Crippen LogP contribution in [0.3, 0.4) is 0 Å². The second-order valence-electron chi connectivity index (χ2n) is 6.70. The van der Waals surface area contributed by atoms with E-state index < -0.39 is 0 Å². The Balaban J connectivity index is 1.35. The molecule has 0 aliphatic carbocycles. The van der Waals surface area contributed by atoms with E-state index in [1.807, 2.05) is 34.9 Å². The van der Waals surface area contributed by atoms with Gasteiger partial charge < -0.3 is 9.80 Å². The Morgan fingerprint density at radius 3 is 2.57 bits per heavy atom. The predicted molar refractivity (Wildman–Crippen MR) is 120 cm³/mol. The van der Waals surface area contributed by atoms with Crippen molar-refractivity contribution in [2.75, 3.05) is 36.8 Å². The van der Waals surface area contributed by atoms with Crippen molar-refractivity contribution in [3.63, 3.8) is 0 Å². The number of carbonyl (C=O) groups excluding carboxylic acids is 1. The Morgan fingerprint density at radius 2 is 1.89 bits per heavy atom. The van der Waals surface area contributed by atoms with E-state index in [1.165, 1.54) is 4.90 Å². The third-order valence-electron chi connectivity index (χ3n) is 4.85. The smallest absolute Gasteiger partial charge is 0.227 e. The Morgan fingerprint density at radius 1 is 1.14 bits per heavy atom. The minimum atomic E-state index is 0.197. The largest absolute Gasteiger partial charge is 0.345 e. The Labute approximate surface area is 178 Å². The fraction of sp³-hybridized carbons (Fsp3) is 0.333. The summed E-state index contributed by atoms with van der Waals surface area (Å²) in [5.41, 5.74) is 1.95. The molecule has 28 heavy (non-hydrogen) atoms. The molecule has 4 rings (SSSR count). The second kappa shape index (κ2) is 8.72. The van der Waals surface area contributed by atoms with Crippen LogP contribution in [0.5, 0.6) is 0 Å². The van der Waals surface area contributed by atoms with Crippen LogP contribution in [0.4, 0.5) is 5.13 Å². The first-order valence-corrected chi connectivity index (χ1v) is 11.6. The van der Waals surface area contributed by atoms with E-state index in [2.05, 4.69) is 36.1 Å². The maximum absolute atomic E-state index is 12.7. The summed E-state index contributed by atoms with van der Waals surface area (Å²) in [5.74, 6) is 1.26. The lowest BCUT2D eigenvalue weighted by atomic mass is 10.1. The van der Waals surface area contributed by atoms with Gasteiger partial charge in [0.15, 0.2) is 5.13 Å². The number of amides is 1. The minimum Gasteiger partial charge on any atom is -0.345 e. The van der Waals surface area contributed by atoms with Gasteiger partial charge in [-0.25, -0.2) is 4.98 Å². The summed E-state index contributed by atoms with van der Waals surface area (Å²) in [4.78, 5) is 22.9. The fourth-order valence-electron chi connectivity index (χ4n) is 3.34. The number of thiazole rings is 1. The van der Waals surface area contributed by atoms with Crippen LogP contribution >= 0.6 is 34.7 Å². The molecule has 2 heterocycles. The van der Waals surface area contributed by atoms with Gasteiger partial charge in [0.05, 0.1) is 16.1 Å². The highest BCUT2D eigenvalue weighted by molar-refractivity contribution is 7.99. The molecule has 4 nitrogen and oxygen atoms in total. The Kier molecular flexibility index (Phi) is 6.09. The maximum atomic E-state index is 12.7. The normalized spacial score (nSPS) is 14.6. The first kappa shape index (κ1) is 19.6. The van der Waals surface area contributed by atoms with Crippen LogP contribution in [0.15, 0.2) is 47.4 Å². The van der Waals surface area contributed by atoms with Crippen molar-refractivity contribution >= 4 is 56.0 Å². The number of aromatic nitrogens is 1. The standard InChI is InChI=1S/C21H22ClN3OS2/c1-2-27-16-8-6-15(7-9-16)14-19(26)24-10-12-25(13-11-24)21-23-20-17(22)4-3-5-18(20)28-21/h3-9H,2,10-14H2,1H3. The van der Waals surface area contributed by atoms with Crippen LogP contribution in [0, 0.1) is 0 Å². The molecule has 0 unspecified atom stereocenters. The molecular formula is C21H22ClN3OS2. The molecule has 0 spiro atoms. The summed E-state index contributed by atoms with van der Waals surface area (Å²) >= 11 is 9.73. The quantitative estimate of drug-likeness (QED) is 0.535. The molecule has 2 aromatic carbocycles. The summed E-state index contributed by atoms with van der Waals surface area (Å²) in [5, 5.41) is 1.68. The molecule has 0 bridgehead atoms. The number of nitrogens with zero attached hydrogens (tertiary/aromatic N) is 3. The SMILES string of the molecule is CCSc1ccc(CC(=O)N2CCN(c3nc4c(Cl)cccc4s3)CC2)cc1. The van der Waals surface area contributed by atoms with Crippen LogP contribution < -0.4 is 4.90 Å². The molecular weight excluding hydrogens is 410 g/mol. The molecule has 0 saturated carbocycles. The van der Waals surface area contributed by atoms with Gasteiger partial charge in [-0.3, -0.25) is 4.79 Å². The topological polar surface area (TPSA) is 36.4 Å². The van der Waals surface area contributed by atoms with Crippen molar-refractivity contribution in [1.82, 2.24) is 9.88 Å². The van der Waals surface area contributed by atoms with Gasteiger partial charge in [0.25, 0.3) is 0 Å². The Hall–Kier alpha value is -1.76. The highest BCUT2D eigenvalue weighted by atomic mass is 35.5. The molecule has 1 fully saturated rings. The zero-order valence-corrected chi connectivity index (χ0v) is 18.1. The van der Waals surface area contributed by atoms with Gasteiger partial charge in [0, 0.05) is 31.1 Å². The van der Waals surface area contributed by atoms with Gasteiger partial charge in [-0.1, -0.05) is 48.1 Å². The lowest BCUT2D eigenvalue weighted by Gasteiger charge is -2.34. The number of hydrogen-bond donors (Lipinski definition) is 0. The number of thioether (sulfide) groups is 1. The van der Waals surface area contributed by atoms with Crippen molar-refractivity contribution < 1.29 is 4.79 Å². The van der Waals surface area contributed by atoms with Gasteiger partial charge in [0.2, 0.25) is 5.91 Å². The third-order valence-corrected chi connectivity index (χ3v) is 7.13. The van der Waals surface area contributed by atoms with Gasteiger partial charge in [0.1, 0.15) is 5.52 Å². The summed E-state index contributed by atoms with van der Waals surface area (Å²) < 4.78 is 1.10. The highest BCUT2D eigenvalue weighted by Gasteiger charge is 2.23. The lowest BCUT2D eigenvalue weighted by Crippen LogP contribution is -2.49. The van der Waals surface area contributed by atoms with Gasteiger partial charge in [-0.15, -0.1) is 11.8 Å². The molecule has 0 atom stereocenters. The van der Waals surface area contributed by atoms with Crippen LogP contribution in [0.1, 0.15) is 12.5 Å². The zero-order valence-electron chi connectivity index (χ0n) is 15.7. The van der Waals surface area contributed by atoms with E-state index in [0.29, 0.717) is 11.4 Å². The van der Waals surface area contributed by atoms with Crippen molar-refractivity contribution in [2.45, 2.75) is 18.2 Å². The molecule has 1 aliphatic rings. The van der Waals surface area contributed by atoms with Crippen molar-refractivity contribution in [3.8, 4) is 0 Å². The summed E-state index contributed by atoms with van der Waals surface area (Å²) in [6.07, 6.45) is 0.466. The van der Waals surface area contributed by atoms with Gasteiger partial charge >= 0.3 is 0 Å². The van der Waals surface area contributed by atoms with E-state index in [-0.39, 0.29) is 5.91 Å². The number of hydrogen-bond acceptors (Lipinski definition) is 5. The second-order valence-corrected chi connectivity index (χ2v) is 9.46. The van der Waals surface area contributed by atoms with Crippen LogP contribution in [-0.4, -0.2) is 47.7 Å². The minimum absolute atomic E-state index is 0.197. The van der Waals surface area contributed by atoms with E-state index in [4.69, 9.17) is 16.6 Å². The van der Waals surface area contributed by atoms with Crippen LogP contribution in [0.2, 0.25) is 5.02 Å². The monoisotopic (exact) mass is 431 g/mol. The van der Waals surface area contributed by atoms with E-state index in [1.54, 1.807) is 11.3 Å². The number of benzene rings is 2.